The summed E-state index contributed by atoms with van der Waals surface area (Å²) in [5.41, 5.74) is 1.95. The van der Waals surface area contributed by atoms with Crippen molar-refractivity contribution in [2.45, 2.75) is 6.04 Å². The average molecular weight is 458 g/mol. The van der Waals surface area contributed by atoms with Crippen LogP contribution >= 0.6 is 0 Å². The number of rotatable bonds is 1. The summed E-state index contributed by atoms with van der Waals surface area (Å²) in [6, 6.07) is 11.5. The Bertz CT molecular complexity index is 849. The Morgan fingerprint density at radius 2 is 1.48 bits per heavy atom. The molecule has 2 aromatic heterocycles. The monoisotopic (exact) mass is 457 g/mol. The van der Waals surface area contributed by atoms with Crippen LogP contribution in [0.2, 0.25) is 0 Å². The van der Waals surface area contributed by atoms with Gasteiger partial charge in [0.1, 0.15) is 0 Å². The van der Waals surface area contributed by atoms with Gasteiger partial charge in [0.2, 0.25) is 0 Å². The van der Waals surface area contributed by atoms with Crippen molar-refractivity contribution in [2.75, 3.05) is 13.3 Å². The molecule has 12 nitrogen and oxygen atoms in total. The summed E-state index contributed by atoms with van der Waals surface area (Å²) in [6.07, 6.45) is 3.60. The first-order chi connectivity index (χ1) is 12.5. The predicted octanol–water partition coefficient (Wildman–Crippen LogP) is -1.43. The van der Waals surface area contributed by atoms with Gasteiger partial charge >= 0.3 is 17.1 Å². The molecule has 0 bridgehead atoms. The van der Waals surface area contributed by atoms with Gasteiger partial charge in [0, 0.05) is 23.2 Å². The van der Waals surface area contributed by atoms with Gasteiger partial charge in [-0.2, -0.15) is 0 Å². The summed E-state index contributed by atoms with van der Waals surface area (Å²) in [7, 11) is 0. The number of nitrogens with one attached hydrogen (secondary N) is 1. The molecule has 3 aromatic rings. The van der Waals surface area contributed by atoms with E-state index in [1.807, 2.05) is 12.1 Å². The number of nitrogens with zero attached hydrogens (tertiary/aromatic N) is 3. The Labute approximate surface area is 174 Å². The molecule has 1 fully saturated rings. The van der Waals surface area contributed by atoms with Gasteiger partial charge in [0.05, 0.1) is 41.5 Å². The molecule has 1 saturated heterocycles. The molecule has 1 aliphatic heterocycles. The number of hydrogen-bond donors (Lipinski definition) is 1. The van der Waals surface area contributed by atoms with Crippen molar-refractivity contribution >= 4 is 27.8 Å². The number of pyridine rings is 2. The van der Waals surface area contributed by atoms with E-state index in [0.717, 1.165) is 21.8 Å². The van der Waals surface area contributed by atoms with E-state index in [1.54, 1.807) is 12.4 Å². The van der Waals surface area contributed by atoms with E-state index >= 15 is 0 Å². The molecule has 1 radical (unpaired) electrons. The van der Waals surface area contributed by atoms with Gasteiger partial charge in [-0.15, -0.1) is 0 Å². The van der Waals surface area contributed by atoms with Crippen LogP contribution in [0.5, 0.6) is 0 Å². The van der Waals surface area contributed by atoms with Gasteiger partial charge in [-0.3, -0.25) is 15.3 Å². The molecule has 0 aliphatic carbocycles. The van der Waals surface area contributed by atoms with Crippen molar-refractivity contribution < 1.29 is 47.7 Å². The molecule has 1 atom stereocenters. The van der Waals surface area contributed by atoms with E-state index in [9.17, 15) is 9.90 Å². The zero-order valence-corrected chi connectivity index (χ0v) is 15.6. The SMILES string of the molecule is O.O.O=C([O-])[C@@H]1COCN1.O=[N+]([O-])[O-].[Cu+2].c1cnc2c(c1)ccc1cccnc12. The molecule has 161 valence electrons. The van der Waals surface area contributed by atoms with Gasteiger partial charge < -0.3 is 40.9 Å². The van der Waals surface area contributed by atoms with Crippen LogP contribution in [0, 0.1) is 15.3 Å². The summed E-state index contributed by atoms with van der Waals surface area (Å²) < 4.78 is 4.69. The number of fused-ring (bicyclic) bond motifs is 3. The maximum absolute atomic E-state index is 9.95. The fourth-order valence-electron chi connectivity index (χ4n) is 2.23. The van der Waals surface area contributed by atoms with E-state index in [1.165, 1.54) is 0 Å². The molecule has 0 spiro atoms. The minimum Gasteiger partial charge on any atom is -0.548 e. The molecular formula is C16H18CuN4O8. The van der Waals surface area contributed by atoms with Crippen molar-refractivity contribution in [3.8, 4) is 0 Å². The second kappa shape index (κ2) is 14.1. The number of hydrogen-bond acceptors (Lipinski definition) is 9. The molecule has 4 rings (SSSR count). The molecule has 13 heteroatoms. The zero-order chi connectivity index (χ0) is 18.9. The predicted molar refractivity (Wildman–Crippen MR) is 97.4 cm³/mol. The minimum atomic E-state index is -1.75. The van der Waals surface area contributed by atoms with E-state index < -0.39 is 17.1 Å². The van der Waals surface area contributed by atoms with Crippen LogP contribution < -0.4 is 10.4 Å². The number of ether oxygens (including phenoxy) is 1. The summed E-state index contributed by atoms with van der Waals surface area (Å²) in [5.74, 6) is -1.09. The van der Waals surface area contributed by atoms with Crippen LogP contribution in [0.3, 0.4) is 0 Å². The fraction of sp³-hybridized carbons (Fsp3) is 0.188. The molecule has 0 amide bonds. The quantitative estimate of drug-likeness (QED) is 0.196. The third kappa shape index (κ3) is 8.74. The fourth-order valence-corrected chi connectivity index (χ4v) is 2.23. The molecule has 29 heavy (non-hydrogen) atoms. The Morgan fingerprint density at radius 1 is 1.03 bits per heavy atom. The molecule has 1 aliphatic rings. The Kier molecular flexibility index (Phi) is 13.8. The first-order valence-corrected chi connectivity index (χ1v) is 7.41. The van der Waals surface area contributed by atoms with Crippen molar-refractivity contribution in [2.24, 2.45) is 0 Å². The van der Waals surface area contributed by atoms with Crippen molar-refractivity contribution in [3.05, 3.63) is 64.1 Å². The van der Waals surface area contributed by atoms with Crippen LogP contribution in [0.15, 0.2) is 48.8 Å². The molecular weight excluding hydrogens is 440 g/mol. The number of aliphatic carboxylic acids is 1. The van der Waals surface area contributed by atoms with Crippen LogP contribution in [-0.2, 0) is 26.6 Å². The van der Waals surface area contributed by atoms with E-state index in [2.05, 4.69) is 44.3 Å². The van der Waals surface area contributed by atoms with Crippen LogP contribution in [-0.4, -0.2) is 51.4 Å². The summed E-state index contributed by atoms with van der Waals surface area (Å²) >= 11 is 0. The molecule has 0 saturated carbocycles. The van der Waals surface area contributed by atoms with E-state index in [4.69, 9.17) is 15.3 Å². The third-order valence-corrected chi connectivity index (χ3v) is 3.35. The maximum Gasteiger partial charge on any atom is 2.00 e. The summed E-state index contributed by atoms with van der Waals surface area (Å²) in [5, 5.41) is 29.5. The Morgan fingerprint density at radius 3 is 1.79 bits per heavy atom. The molecule has 5 N–H and O–H groups in total. The topological polar surface area (TPSA) is 216 Å². The van der Waals surface area contributed by atoms with Crippen LogP contribution in [0.4, 0.5) is 0 Å². The normalized spacial score (nSPS) is 13.9. The zero-order valence-electron chi connectivity index (χ0n) is 14.7. The molecule has 0 unspecified atom stereocenters. The van der Waals surface area contributed by atoms with Gasteiger partial charge in [-0.05, 0) is 12.1 Å². The second-order valence-electron chi connectivity index (χ2n) is 5.03. The van der Waals surface area contributed by atoms with Crippen LogP contribution in [0.1, 0.15) is 0 Å². The Balaban J connectivity index is 0. The van der Waals surface area contributed by atoms with Gasteiger partial charge in [0.25, 0.3) is 0 Å². The third-order valence-electron chi connectivity index (χ3n) is 3.35. The van der Waals surface area contributed by atoms with Crippen LogP contribution in [0.25, 0.3) is 21.8 Å². The van der Waals surface area contributed by atoms with Gasteiger partial charge in [-0.25, -0.2) is 0 Å². The maximum atomic E-state index is 9.95. The number of aromatic nitrogens is 2. The average Bonchev–Trinajstić information content (AvgIpc) is 3.17. The van der Waals surface area contributed by atoms with Crippen molar-refractivity contribution in [1.29, 1.82) is 0 Å². The minimum absolute atomic E-state index is 0. The van der Waals surface area contributed by atoms with E-state index in [-0.39, 0.29) is 34.6 Å². The number of carboxylic acid groups (broad SMARTS) is 1. The summed E-state index contributed by atoms with van der Waals surface area (Å²) in [6.45, 7) is 0.543. The molecule has 1 aromatic carbocycles. The van der Waals surface area contributed by atoms with Gasteiger partial charge in [-0.1, -0.05) is 24.3 Å². The van der Waals surface area contributed by atoms with Gasteiger partial charge in [0.15, 0.2) is 0 Å². The van der Waals surface area contributed by atoms with E-state index in [0.29, 0.717) is 6.73 Å². The van der Waals surface area contributed by atoms with Crippen molar-refractivity contribution in [1.82, 2.24) is 15.3 Å². The first kappa shape index (κ1) is 28.3. The second-order valence-corrected chi connectivity index (χ2v) is 5.03. The smallest absolute Gasteiger partial charge is 0.548 e. The largest absolute Gasteiger partial charge is 2.00 e. The Hall–Kier alpha value is -2.93. The molecule has 3 heterocycles. The standard InChI is InChI=1S/C12H8N2.C4H7NO3.Cu.NO3.2H2O/c1-3-9-5-6-10-4-2-8-14-12(10)11(9)13-7-1;6-4(7)3-1-8-2-5-3;;2-1(3)4;;/h1-8H;3,5H,1-2H2,(H,6,7);;;2*1H2/q;;+2;-1;;/p-1/t;3-;;;;/m.0..../s1. The number of carbonyl (C=O) groups is 1. The first-order valence-electron chi connectivity index (χ1n) is 7.41. The number of carboxylic acids is 1. The van der Waals surface area contributed by atoms with Crippen molar-refractivity contribution in [3.63, 3.8) is 0 Å². The summed E-state index contributed by atoms with van der Waals surface area (Å²) in [4.78, 5) is 26.9. The number of carbonyl (C=O) groups excluding carboxylic acids is 1. The number of benzene rings is 1.